The van der Waals surface area contributed by atoms with Crippen LogP contribution in [-0.2, 0) is 4.79 Å². The highest BCUT2D eigenvalue weighted by Gasteiger charge is 2.29. The topological polar surface area (TPSA) is 82.8 Å². The molecule has 1 aromatic carbocycles. The highest BCUT2D eigenvalue weighted by atomic mass is 16.4. The minimum Gasteiger partial charge on any atom is -0.481 e. The zero-order valence-electron chi connectivity index (χ0n) is 13.9. The van der Waals surface area contributed by atoms with E-state index in [4.69, 9.17) is 9.52 Å². The predicted octanol–water partition coefficient (Wildman–Crippen LogP) is 3.31. The molecule has 3 rings (SSSR count). The molecule has 0 spiro atoms. The van der Waals surface area contributed by atoms with Crippen LogP contribution in [0.25, 0.3) is 11.0 Å². The van der Waals surface area contributed by atoms with E-state index in [1.54, 1.807) is 4.90 Å². The number of carboxylic acid groups (broad SMARTS) is 1. The molecule has 1 saturated heterocycles. The molecule has 0 bridgehead atoms. The molecular weight excluding hydrogens is 308 g/mol. The van der Waals surface area contributed by atoms with Gasteiger partial charge >= 0.3 is 12.0 Å². The molecule has 1 fully saturated rings. The third-order valence-electron chi connectivity index (χ3n) is 4.67. The van der Waals surface area contributed by atoms with Gasteiger partial charge in [-0.05, 0) is 32.8 Å². The number of rotatable bonds is 3. The number of hydrogen-bond donors (Lipinski definition) is 2. The highest BCUT2D eigenvalue weighted by molar-refractivity contribution is 5.82. The van der Waals surface area contributed by atoms with Gasteiger partial charge in [0.15, 0.2) is 0 Å². The summed E-state index contributed by atoms with van der Waals surface area (Å²) in [5, 5.41) is 13.1. The Hall–Kier alpha value is -2.50. The van der Waals surface area contributed by atoms with Crippen LogP contribution in [0, 0.1) is 12.8 Å². The van der Waals surface area contributed by atoms with Crippen molar-refractivity contribution in [2.45, 2.75) is 32.7 Å². The van der Waals surface area contributed by atoms with Crippen LogP contribution < -0.4 is 5.32 Å². The number of nitrogens with zero attached hydrogens (tertiary/aromatic N) is 1. The Morgan fingerprint density at radius 2 is 2.12 bits per heavy atom. The lowest BCUT2D eigenvalue weighted by molar-refractivity contribution is -0.143. The number of carboxylic acids is 1. The van der Waals surface area contributed by atoms with E-state index >= 15 is 0 Å². The SMILES string of the molecule is Cc1c([C@@H](C)NC(=O)N2CCCC(C(=O)O)C2)oc2ccccc12. The van der Waals surface area contributed by atoms with Gasteiger partial charge in [0, 0.05) is 24.0 Å². The number of likely N-dealkylation sites (tertiary alicyclic amines) is 1. The molecule has 1 aliphatic rings. The summed E-state index contributed by atoms with van der Waals surface area (Å²) in [6.07, 6.45) is 1.33. The fourth-order valence-electron chi connectivity index (χ4n) is 3.31. The number of hydrogen-bond acceptors (Lipinski definition) is 3. The van der Waals surface area contributed by atoms with Crippen LogP contribution in [0.2, 0.25) is 0 Å². The molecule has 24 heavy (non-hydrogen) atoms. The van der Waals surface area contributed by atoms with Crippen molar-refractivity contribution in [1.29, 1.82) is 0 Å². The van der Waals surface area contributed by atoms with E-state index in [1.165, 1.54) is 0 Å². The average molecular weight is 330 g/mol. The third kappa shape index (κ3) is 3.09. The van der Waals surface area contributed by atoms with Crippen molar-refractivity contribution in [2.75, 3.05) is 13.1 Å². The number of carbonyl (C=O) groups is 2. The van der Waals surface area contributed by atoms with Crippen molar-refractivity contribution >= 4 is 23.0 Å². The highest BCUT2D eigenvalue weighted by Crippen LogP contribution is 2.29. The second-order valence-electron chi connectivity index (χ2n) is 6.38. The summed E-state index contributed by atoms with van der Waals surface area (Å²) in [7, 11) is 0. The lowest BCUT2D eigenvalue weighted by Gasteiger charge is -2.31. The predicted molar refractivity (Wildman–Crippen MR) is 89.8 cm³/mol. The second-order valence-corrected chi connectivity index (χ2v) is 6.38. The second kappa shape index (κ2) is 6.55. The van der Waals surface area contributed by atoms with Gasteiger partial charge in [-0.3, -0.25) is 4.79 Å². The van der Waals surface area contributed by atoms with Crippen molar-refractivity contribution in [3.8, 4) is 0 Å². The number of para-hydroxylation sites is 1. The standard InChI is InChI=1S/C18H22N2O4/c1-11-14-7-3-4-8-15(14)24-16(11)12(2)19-18(23)20-9-5-6-13(10-20)17(21)22/h3-4,7-8,12-13H,5-6,9-10H2,1-2H3,(H,19,23)(H,21,22)/t12-,13?/m1/s1. The molecule has 2 N–H and O–H groups in total. The normalized spacial score (nSPS) is 19.2. The first-order valence-corrected chi connectivity index (χ1v) is 8.23. The quantitative estimate of drug-likeness (QED) is 0.904. The molecule has 2 heterocycles. The molecule has 2 aromatic rings. The zero-order chi connectivity index (χ0) is 17.3. The molecule has 6 nitrogen and oxygen atoms in total. The molecule has 128 valence electrons. The Balaban J connectivity index is 1.71. The van der Waals surface area contributed by atoms with E-state index in [0.29, 0.717) is 19.4 Å². The Bertz CT molecular complexity index is 767. The Morgan fingerprint density at radius 3 is 2.83 bits per heavy atom. The first-order valence-electron chi connectivity index (χ1n) is 8.23. The van der Waals surface area contributed by atoms with Gasteiger partial charge in [0.1, 0.15) is 11.3 Å². The summed E-state index contributed by atoms with van der Waals surface area (Å²) in [4.78, 5) is 25.2. The molecule has 2 amide bonds. The number of nitrogens with one attached hydrogen (secondary N) is 1. The van der Waals surface area contributed by atoms with Gasteiger partial charge < -0.3 is 19.7 Å². The molecule has 1 unspecified atom stereocenters. The van der Waals surface area contributed by atoms with Gasteiger partial charge in [-0.25, -0.2) is 4.79 Å². The van der Waals surface area contributed by atoms with Gasteiger partial charge in [-0.15, -0.1) is 0 Å². The Kier molecular flexibility index (Phi) is 4.46. The fraction of sp³-hybridized carbons (Fsp3) is 0.444. The third-order valence-corrected chi connectivity index (χ3v) is 4.67. The van der Waals surface area contributed by atoms with Gasteiger partial charge in [0.25, 0.3) is 0 Å². The van der Waals surface area contributed by atoms with Crippen molar-refractivity contribution in [3.05, 3.63) is 35.6 Å². The van der Waals surface area contributed by atoms with Crippen LogP contribution in [0.1, 0.15) is 37.1 Å². The van der Waals surface area contributed by atoms with E-state index in [1.807, 2.05) is 38.1 Å². The summed E-state index contributed by atoms with van der Waals surface area (Å²) < 4.78 is 5.88. The maximum atomic E-state index is 12.5. The fourth-order valence-corrected chi connectivity index (χ4v) is 3.31. The Labute approximate surface area is 140 Å². The molecule has 1 aromatic heterocycles. The number of amides is 2. The number of carbonyl (C=O) groups excluding carboxylic acids is 1. The van der Waals surface area contributed by atoms with Crippen molar-refractivity contribution in [2.24, 2.45) is 5.92 Å². The van der Waals surface area contributed by atoms with Crippen molar-refractivity contribution in [3.63, 3.8) is 0 Å². The maximum absolute atomic E-state index is 12.5. The molecule has 0 aliphatic carbocycles. The smallest absolute Gasteiger partial charge is 0.318 e. The molecule has 6 heteroatoms. The molecule has 2 atom stereocenters. The van der Waals surface area contributed by atoms with E-state index in [2.05, 4.69) is 5.32 Å². The maximum Gasteiger partial charge on any atom is 0.318 e. The van der Waals surface area contributed by atoms with E-state index in [-0.39, 0.29) is 18.6 Å². The summed E-state index contributed by atoms with van der Waals surface area (Å²) in [6, 6.07) is 7.25. The van der Waals surface area contributed by atoms with Crippen LogP contribution in [0.15, 0.2) is 28.7 Å². The first-order chi connectivity index (χ1) is 11.5. The first kappa shape index (κ1) is 16.4. The zero-order valence-corrected chi connectivity index (χ0v) is 13.9. The van der Waals surface area contributed by atoms with Crippen LogP contribution in [0.5, 0.6) is 0 Å². The molecule has 1 aliphatic heterocycles. The number of fused-ring (bicyclic) bond motifs is 1. The largest absolute Gasteiger partial charge is 0.481 e. The number of urea groups is 1. The van der Waals surface area contributed by atoms with Gasteiger partial charge in [-0.1, -0.05) is 18.2 Å². The van der Waals surface area contributed by atoms with Crippen molar-refractivity contribution in [1.82, 2.24) is 10.2 Å². The number of aryl methyl sites for hydroxylation is 1. The van der Waals surface area contributed by atoms with E-state index < -0.39 is 11.9 Å². The van der Waals surface area contributed by atoms with Crippen LogP contribution in [0.3, 0.4) is 0 Å². The van der Waals surface area contributed by atoms with Gasteiger partial charge in [-0.2, -0.15) is 0 Å². The molecule has 0 radical (unpaired) electrons. The average Bonchev–Trinajstić information content (AvgIpc) is 2.92. The number of aliphatic carboxylic acids is 1. The summed E-state index contributed by atoms with van der Waals surface area (Å²) >= 11 is 0. The minimum atomic E-state index is -0.839. The van der Waals surface area contributed by atoms with Crippen LogP contribution in [-0.4, -0.2) is 35.1 Å². The monoisotopic (exact) mass is 330 g/mol. The molecule has 0 saturated carbocycles. The van der Waals surface area contributed by atoms with E-state index in [9.17, 15) is 9.59 Å². The molecular formula is C18H22N2O4. The minimum absolute atomic E-state index is 0.242. The summed E-state index contributed by atoms with van der Waals surface area (Å²) in [5.41, 5.74) is 1.82. The van der Waals surface area contributed by atoms with Crippen LogP contribution in [0.4, 0.5) is 4.79 Å². The van der Waals surface area contributed by atoms with E-state index in [0.717, 1.165) is 22.3 Å². The number of furan rings is 1. The lowest BCUT2D eigenvalue weighted by Crippen LogP contribution is -2.47. The Morgan fingerprint density at radius 1 is 1.38 bits per heavy atom. The summed E-state index contributed by atoms with van der Waals surface area (Å²) in [6.45, 7) is 4.70. The van der Waals surface area contributed by atoms with Crippen LogP contribution >= 0.6 is 0 Å². The van der Waals surface area contributed by atoms with Crippen molar-refractivity contribution < 1.29 is 19.1 Å². The number of benzene rings is 1. The summed E-state index contributed by atoms with van der Waals surface area (Å²) in [5.74, 6) is -0.585. The van der Waals surface area contributed by atoms with Gasteiger partial charge in [0.2, 0.25) is 0 Å². The van der Waals surface area contributed by atoms with Gasteiger partial charge in [0.05, 0.1) is 12.0 Å². The lowest BCUT2D eigenvalue weighted by atomic mass is 9.99. The number of piperidine rings is 1.